The third-order valence-corrected chi connectivity index (χ3v) is 17.1. The van der Waals surface area contributed by atoms with E-state index in [9.17, 15) is 14.4 Å². The molecule has 300 valence electrons. The van der Waals surface area contributed by atoms with Crippen molar-refractivity contribution in [3.63, 3.8) is 0 Å². The third kappa shape index (κ3) is 9.18. The molecule has 0 bridgehead atoms. The van der Waals surface area contributed by atoms with Crippen LogP contribution in [0.3, 0.4) is 0 Å². The van der Waals surface area contributed by atoms with Crippen molar-refractivity contribution in [2.45, 2.75) is 113 Å². The number of carbonyl (C=O) groups is 1. The van der Waals surface area contributed by atoms with Crippen LogP contribution in [0.2, 0.25) is 18.1 Å². The Morgan fingerprint density at radius 3 is 2.05 bits per heavy atom. The van der Waals surface area contributed by atoms with Crippen molar-refractivity contribution in [2.24, 2.45) is 0 Å². The highest BCUT2D eigenvalue weighted by molar-refractivity contribution is 7.96. The highest BCUT2D eigenvalue weighted by Crippen LogP contribution is 2.50. The maximum Gasteiger partial charge on any atom is 0.508 e. The lowest BCUT2D eigenvalue weighted by atomic mass is 9.84. The lowest BCUT2D eigenvalue weighted by Crippen LogP contribution is -2.46. The summed E-state index contributed by atoms with van der Waals surface area (Å²) in [5, 5.41) is -0.0964. The Labute approximate surface area is 334 Å². The standard InChI is InChI=1S/C43H54N2O9SSi/c1-29-27-45(40(47)44-39(29)46)38-26-36(54-56(6,7)42(2,3)4)37(51-38)28-50-41(48)52-34-20-14-15-21-35(34)53-55-43(30-16-10-8-11-17-30,31-18-12-9-13-19-31)32-22-24-33(49-5)25-23-32/h8-13,16-19,22-25,27,34-38H,14-15,20-21,26,28H2,1-7H3,(H,44,46,47)/t34-,35+,36+,37-,38-/m1/s1. The molecular formula is C43H54N2O9SSi. The molecule has 1 N–H and O–H groups in total. The number of nitrogens with zero attached hydrogens (tertiary/aromatic N) is 1. The average Bonchev–Trinajstić information content (AvgIpc) is 3.58. The van der Waals surface area contributed by atoms with Gasteiger partial charge in [-0.15, -0.1) is 0 Å². The maximum absolute atomic E-state index is 13.5. The van der Waals surface area contributed by atoms with E-state index in [-0.39, 0.29) is 11.6 Å². The first kappa shape index (κ1) is 41.5. The number of aryl methyl sites for hydroxylation is 1. The molecule has 1 saturated heterocycles. The Morgan fingerprint density at radius 2 is 1.46 bits per heavy atom. The Morgan fingerprint density at radius 1 is 0.875 bits per heavy atom. The van der Waals surface area contributed by atoms with Crippen molar-refractivity contribution in [1.82, 2.24) is 9.55 Å². The van der Waals surface area contributed by atoms with Crippen LogP contribution in [0.15, 0.2) is 101 Å². The highest BCUT2D eigenvalue weighted by Gasteiger charge is 2.46. The summed E-state index contributed by atoms with van der Waals surface area (Å²) >= 11 is 1.37. The minimum Gasteiger partial charge on any atom is -0.497 e. The van der Waals surface area contributed by atoms with Gasteiger partial charge in [0.15, 0.2) is 8.32 Å². The minimum atomic E-state index is -2.30. The summed E-state index contributed by atoms with van der Waals surface area (Å²) in [6.45, 7) is 12.2. The normalized spacial score (nSPS) is 21.7. The minimum absolute atomic E-state index is 0.0964. The summed E-state index contributed by atoms with van der Waals surface area (Å²) in [6, 6.07) is 28.6. The van der Waals surface area contributed by atoms with Crippen molar-refractivity contribution in [1.29, 1.82) is 0 Å². The molecule has 1 aliphatic carbocycles. The molecule has 11 nitrogen and oxygen atoms in total. The number of hydrogen-bond acceptors (Lipinski definition) is 10. The zero-order valence-corrected chi connectivity index (χ0v) is 35.1. The lowest BCUT2D eigenvalue weighted by molar-refractivity contribution is -0.0732. The molecule has 2 fully saturated rings. The number of benzene rings is 3. The second-order valence-corrected chi connectivity index (χ2v) is 21.8. The van der Waals surface area contributed by atoms with Gasteiger partial charge in [0.05, 0.1) is 13.2 Å². The van der Waals surface area contributed by atoms with Crippen molar-refractivity contribution >= 4 is 26.5 Å². The van der Waals surface area contributed by atoms with Gasteiger partial charge in [0.25, 0.3) is 5.56 Å². The Balaban J connectivity index is 1.19. The van der Waals surface area contributed by atoms with Gasteiger partial charge in [-0.05, 0) is 73.1 Å². The first-order valence-electron chi connectivity index (χ1n) is 19.3. The number of carbonyl (C=O) groups excluding carboxylic acids is 1. The topological polar surface area (TPSA) is 127 Å². The van der Waals surface area contributed by atoms with Gasteiger partial charge in [-0.1, -0.05) is 100.0 Å². The van der Waals surface area contributed by atoms with Gasteiger partial charge in [-0.2, -0.15) is 0 Å². The molecule has 6 rings (SSSR count). The van der Waals surface area contributed by atoms with Crippen molar-refractivity contribution in [2.75, 3.05) is 13.7 Å². The molecule has 13 heteroatoms. The Hall–Kier alpha value is -4.14. The zero-order chi connectivity index (χ0) is 40.1. The van der Waals surface area contributed by atoms with Gasteiger partial charge in [0.2, 0.25) is 0 Å². The van der Waals surface area contributed by atoms with Crippen LogP contribution in [0.4, 0.5) is 4.79 Å². The van der Waals surface area contributed by atoms with Gasteiger partial charge < -0.3 is 27.6 Å². The first-order chi connectivity index (χ1) is 26.7. The predicted octanol–water partition coefficient (Wildman–Crippen LogP) is 8.65. The lowest BCUT2D eigenvalue weighted by Gasteiger charge is -2.39. The monoisotopic (exact) mass is 802 g/mol. The van der Waals surface area contributed by atoms with Crippen molar-refractivity contribution in [3.8, 4) is 5.75 Å². The van der Waals surface area contributed by atoms with E-state index in [1.807, 2.05) is 48.5 Å². The predicted molar refractivity (Wildman–Crippen MR) is 220 cm³/mol. The fourth-order valence-corrected chi connectivity index (χ4v) is 9.61. The van der Waals surface area contributed by atoms with Crippen molar-refractivity contribution in [3.05, 3.63) is 134 Å². The molecular weight excluding hydrogens is 749 g/mol. The van der Waals surface area contributed by atoms with Crippen LogP contribution < -0.4 is 16.0 Å². The van der Waals surface area contributed by atoms with Crippen LogP contribution in [-0.4, -0.2) is 62.2 Å². The van der Waals surface area contributed by atoms with Crippen LogP contribution in [0.25, 0.3) is 0 Å². The molecule has 0 amide bonds. The molecule has 0 radical (unpaired) electrons. The summed E-state index contributed by atoms with van der Waals surface area (Å²) in [6.07, 6.45) is 1.37. The third-order valence-electron chi connectivity index (χ3n) is 11.3. The molecule has 3 aromatic carbocycles. The summed E-state index contributed by atoms with van der Waals surface area (Å²) in [7, 11) is -0.649. The fraction of sp³-hybridized carbons (Fsp3) is 0.465. The molecule has 0 unspecified atom stereocenters. The number of ether oxygens (including phenoxy) is 4. The first-order valence-corrected chi connectivity index (χ1v) is 23.0. The number of H-pyrrole nitrogens is 1. The van der Waals surface area contributed by atoms with E-state index in [2.05, 4.69) is 75.2 Å². The van der Waals surface area contributed by atoms with Crippen molar-refractivity contribution < 1.29 is 32.4 Å². The Kier molecular flexibility index (Phi) is 13.0. The molecule has 2 heterocycles. The largest absolute Gasteiger partial charge is 0.508 e. The van der Waals surface area contributed by atoms with E-state index in [0.29, 0.717) is 24.8 Å². The van der Waals surface area contributed by atoms with Gasteiger partial charge in [-0.3, -0.25) is 14.3 Å². The number of nitrogens with one attached hydrogen (secondary N) is 1. The molecule has 56 heavy (non-hydrogen) atoms. The average molecular weight is 803 g/mol. The van der Waals surface area contributed by atoms with Crippen LogP contribution in [0, 0.1) is 6.92 Å². The highest BCUT2D eigenvalue weighted by atomic mass is 32.2. The SMILES string of the molecule is COc1ccc(C(SO[C@H]2CCCC[C@H]2OC(=O)OC[C@H]2O[C@@H](n3cc(C)c(=O)[nH]c3=O)C[C@@H]2O[Si](C)(C)C(C)(C)C)(c2ccccc2)c2ccccc2)cc1. The number of aromatic nitrogens is 2. The molecule has 0 spiro atoms. The van der Waals surface area contributed by atoms with Crippen LogP contribution in [-0.2, 0) is 27.6 Å². The summed E-state index contributed by atoms with van der Waals surface area (Å²) in [5.41, 5.74) is 2.45. The quantitative estimate of drug-likeness (QED) is 0.0608. The number of methoxy groups -OCH3 is 1. The molecule has 2 aliphatic rings. The Bertz CT molecular complexity index is 1990. The summed E-state index contributed by atoms with van der Waals surface area (Å²) < 4.78 is 37.8. The van der Waals surface area contributed by atoms with E-state index in [1.54, 1.807) is 14.0 Å². The molecule has 5 atom stereocenters. The van der Waals surface area contributed by atoms with Crippen LogP contribution in [0.1, 0.15) is 81.4 Å². The van der Waals surface area contributed by atoms with E-state index < -0.39 is 61.1 Å². The second kappa shape index (κ2) is 17.6. The van der Waals surface area contributed by atoms with E-state index >= 15 is 0 Å². The van der Waals surface area contributed by atoms with E-state index in [0.717, 1.165) is 35.3 Å². The fourth-order valence-electron chi connectivity index (χ4n) is 7.07. The number of aromatic amines is 1. The van der Waals surface area contributed by atoms with Gasteiger partial charge in [-0.25, -0.2) is 9.59 Å². The molecule has 1 aromatic heterocycles. The van der Waals surface area contributed by atoms with E-state index in [4.69, 9.17) is 27.6 Å². The molecule has 1 aliphatic heterocycles. The van der Waals surface area contributed by atoms with Gasteiger partial charge >= 0.3 is 11.8 Å². The van der Waals surface area contributed by atoms with Crippen LogP contribution in [0.5, 0.6) is 5.75 Å². The van der Waals surface area contributed by atoms with E-state index in [1.165, 1.54) is 22.8 Å². The smallest absolute Gasteiger partial charge is 0.497 e. The van der Waals surface area contributed by atoms with Gasteiger partial charge in [0, 0.05) is 30.2 Å². The maximum atomic E-state index is 13.5. The molecule has 4 aromatic rings. The zero-order valence-electron chi connectivity index (χ0n) is 33.3. The number of rotatable bonds is 13. The summed E-state index contributed by atoms with van der Waals surface area (Å²) in [4.78, 5) is 40.7. The number of hydrogen-bond donors (Lipinski definition) is 1. The second-order valence-electron chi connectivity index (χ2n) is 16.1. The van der Waals surface area contributed by atoms with Crippen LogP contribution >= 0.6 is 12.0 Å². The summed E-state index contributed by atoms with van der Waals surface area (Å²) in [5.74, 6) is 0.755. The van der Waals surface area contributed by atoms with Gasteiger partial charge in [0.1, 0.15) is 41.6 Å². The molecule has 1 saturated carbocycles.